The van der Waals surface area contributed by atoms with E-state index in [1.165, 1.54) is 0 Å². The molecule has 0 amide bonds. The minimum Gasteiger partial charge on any atom is -0.480 e. The van der Waals surface area contributed by atoms with Crippen LogP contribution < -0.4 is 0 Å². The molecular weight excluding hydrogens is 294 g/mol. The number of nitriles is 1. The van der Waals surface area contributed by atoms with Crippen LogP contribution in [0.2, 0.25) is 0 Å². The minimum absolute atomic E-state index is 0.197. The second-order valence-corrected chi connectivity index (χ2v) is 6.07. The Hall–Kier alpha value is -2.25. The van der Waals surface area contributed by atoms with Crippen molar-refractivity contribution in [1.82, 2.24) is 0 Å². The lowest BCUT2D eigenvalue weighted by molar-refractivity contribution is -0.145. The molecule has 0 aromatic heterocycles. The van der Waals surface area contributed by atoms with Crippen molar-refractivity contribution in [3.05, 3.63) is 65.7 Å². The van der Waals surface area contributed by atoms with Gasteiger partial charge in [-0.25, -0.2) is 0 Å². The lowest BCUT2D eigenvalue weighted by atomic mass is 9.78. The summed E-state index contributed by atoms with van der Waals surface area (Å²) in [4.78, 5) is 12.9. The lowest BCUT2D eigenvalue weighted by Crippen LogP contribution is -2.34. The second-order valence-electron chi connectivity index (χ2n) is 5.19. The summed E-state index contributed by atoms with van der Waals surface area (Å²) in [5.41, 5.74) is 0.271. The molecule has 112 valence electrons. The number of benzene rings is 2. The number of carboxylic acids is 1. The Bertz CT molecular complexity index is 676. The second kappa shape index (κ2) is 7.15. The lowest BCUT2D eigenvalue weighted by Gasteiger charge is -2.22. The molecule has 2 rings (SSSR count). The number of aliphatic carboxylic acids is 1. The molecule has 2 aromatic carbocycles. The van der Waals surface area contributed by atoms with Gasteiger partial charge in [0.05, 0.1) is 6.07 Å². The van der Waals surface area contributed by atoms with E-state index in [9.17, 15) is 15.2 Å². The van der Waals surface area contributed by atoms with Crippen LogP contribution in [0.25, 0.3) is 0 Å². The molecule has 0 aliphatic heterocycles. The van der Waals surface area contributed by atoms with Gasteiger partial charge in [0.25, 0.3) is 0 Å². The van der Waals surface area contributed by atoms with Gasteiger partial charge in [-0.3, -0.25) is 4.79 Å². The number of hydrogen-bond donors (Lipinski definition) is 1. The molecule has 0 spiro atoms. The molecule has 0 unspecified atom stereocenters. The molecule has 0 aliphatic rings. The third kappa shape index (κ3) is 3.69. The third-order valence-corrected chi connectivity index (χ3v) is 4.38. The van der Waals surface area contributed by atoms with Gasteiger partial charge >= 0.3 is 5.97 Å². The number of carbonyl (C=O) groups is 1. The molecule has 0 aliphatic carbocycles. The van der Waals surface area contributed by atoms with E-state index < -0.39 is 11.4 Å². The molecule has 1 N–H and O–H groups in total. The smallest absolute Gasteiger partial charge is 0.324 e. The van der Waals surface area contributed by atoms with E-state index in [-0.39, 0.29) is 12.8 Å². The van der Waals surface area contributed by atoms with Crippen LogP contribution in [0.4, 0.5) is 0 Å². The molecule has 2 aromatic rings. The standard InChI is InChI=1S/C18H17NO2S/c1-22-16-9-7-15(8-10-16)12-18(13-19,17(20)21)11-14-5-3-2-4-6-14/h2-10H,11-12H2,1H3,(H,20,21)/t18-/m1/s1. The van der Waals surface area contributed by atoms with Crippen molar-refractivity contribution in [2.45, 2.75) is 17.7 Å². The van der Waals surface area contributed by atoms with Crippen molar-refractivity contribution in [2.24, 2.45) is 5.41 Å². The van der Waals surface area contributed by atoms with E-state index in [1.807, 2.05) is 66.9 Å². The number of rotatable bonds is 6. The molecule has 0 fully saturated rings. The van der Waals surface area contributed by atoms with Crippen molar-refractivity contribution in [3.63, 3.8) is 0 Å². The van der Waals surface area contributed by atoms with E-state index in [2.05, 4.69) is 0 Å². The first-order valence-electron chi connectivity index (χ1n) is 6.91. The summed E-state index contributed by atoms with van der Waals surface area (Å²) >= 11 is 1.63. The van der Waals surface area contributed by atoms with Crippen LogP contribution >= 0.6 is 11.8 Å². The normalized spacial score (nSPS) is 13.1. The fourth-order valence-electron chi connectivity index (χ4n) is 2.38. The summed E-state index contributed by atoms with van der Waals surface area (Å²) in [7, 11) is 0. The molecule has 0 saturated heterocycles. The third-order valence-electron chi connectivity index (χ3n) is 3.64. The van der Waals surface area contributed by atoms with E-state index in [4.69, 9.17) is 0 Å². The molecule has 0 radical (unpaired) electrons. The van der Waals surface area contributed by atoms with Gasteiger partial charge in [-0.05, 0) is 29.5 Å². The van der Waals surface area contributed by atoms with E-state index >= 15 is 0 Å². The van der Waals surface area contributed by atoms with E-state index in [1.54, 1.807) is 11.8 Å². The van der Waals surface area contributed by atoms with Crippen LogP contribution in [-0.4, -0.2) is 17.3 Å². The highest BCUT2D eigenvalue weighted by atomic mass is 32.2. The van der Waals surface area contributed by atoms with Crippen LogP contribution in [0.1, 0.15) is 11.1 Å². The van der Waals surface area contributed by atoms with Gasteiger partial charge < -0.3 is 5.11 Å². The maximum absolute atomic E-state index is 11.8. The Balaban J connectivity index is 2.29. The Labute approximate surface area is 134 Å². The molecule has 3 nitrogen and oxygen atoms in total. The van der Waals surface area contributed by atoms with Gasteiger partial charge in [0.1, 0.15) is 0 Å². The highest BCUT2D eigenvalue weighted by molar-refractivity contribution is 7.98. The van der Waals surface area contributed by atoms with Crippen molar-refractivity contribution in [1.29, 1.82) is 5.26 Å². The average molecular weight is 311 g/mol. The Morgan fingerprint density at radius 3 is 2.09 bits per heavy atom. The SMILES string of the molecule is CSc1ccc(C[C@@](C#N)(Cc2ccccc2)C(=O)O)cc1. The van der Waals surface area contributed by atoms with Crippen LogP contribution in [0.3, 0.4) is 0 Å². The van der Waals surface area contributed by atoms with Gasteiger partial charge in [-0.2, -0.15) is 5.26 Å². The first-order valence-corrected chi connectivity index (χ1v) is 8.13. The fraction of sp³-hybridized carbons (Fsp3) is 0.222. The molecule has 0 saturated carbocycles. The Morgan fingerprint density at radius 2 is 1.64 bits per heavy atom. The summed E-state index contributed by atoms with van der Waals surface area (Å²) in [5.74, 6) is -1.08. The number of thioether (sulfide) groups is 1. The molecular formula is C18H17NO2S. The summed E-state index contributed by atoms with van der Waals surface area (Å²) in [6, 6.07) is 19.0. The first kappa shape index (κ1) is 16.1. The number of carboxylic acid groups (broad SMARTS) is 1. The Morgan fingerprint density at radius 1 is 1.09 bits per heavy atom. The van der Waals surface area contributed by atoms with E-state index in [0.717, 1.165) is 16.0 Å². The zero-order valence-corrected chi connectivity index (χ0v) is 13.1. The first-order chi connectivity index (χ1) is 10.6. The summed E-state index contributed by atoms with van der Waals surface area (Å²) < 4.78 is 0. The number of nitrogens with zero attached hydrogens (tertiary/aromatic N) is 1. The van der Waals surface area contributed by atoms with Crippen molar-refractivity contribution < 1.29 is 9.90 Å². The van der Waals surface area contributed by atoms with Gasteiger partial charge in [0.15, 0.2) is 5.41 Å². The monoisotopic (exact) mass is 311 g/mol. The average Bonchev–Trinajstić information content (AvgIpc) is 2.55. The highest BCUT2D eigenvalue weighted by Gasteiger charge is 2.39. The maximum Gasteiger partial charge on any atom is 0.324 e. The zero-order chi connectivity index (χ0) is 16.0. The molecule has 0 bridgehead atoms. The van der Waals surface area contributed by atoms with Crippen molar-refractivity contribution in [3.8, 4) is 6.07 Å². The highest BCUT2D eigenvalue weighted by Crippen LogP contribution is 2.29. The van der Waals surface area contributed by atoms with Crippen LogP contribution in [0, 0.1) is 16.7 Å². The van der Waals surface area contributed by atoms with Crippen LogP contribution in [0.15, 0.2) is 59.5 Å². The fourth-order valence-corrected chi connectivity index (χ4v) is 2.79. The largest absolute Gasteiger partial charge is 0.480 e. The number of hydrogen-bond acceptors (Lipinski definition) is 3. The van der Waals surface area contributed by atoms with Gasteiger partial charge in [0, 0.05) is 17.7 Å². The van der Waals surface area contributed by atoms with Crippen LogP contribution in [-0.2, 0) is 17.6 Å². The predicted octanol–water partition coefficient (Wildman–Crippen LogP) is 3.79. The maximum atomic E-state index is 11.8. The zero-order valence-electron chi connectivity index (χ0n) is 12.3. The van der Waals surface area contributed by atoms with Gasteiger partial charge in [-0.1, -0.05) is 42.5 Å². The Kier molecular flexibility index (Phi) is 5.24. The predicted molar refractivity (Wildman–Crippen MR) is 87.8 cm³/mol. The van der Waals surface area contributed by atoms with Crippen molar-refractivity contribution in [2.75, 3.05) is 6.26 Å². The topological polar surface area (TPSA) is 61.1 Å². The van der Waals surface area contributed by atoms with Crippen molar-refractivity contribution >= 4 is 17.7 Å². The summed E-state index contributed by atoms with van der Waals surface area (Å²) in [5, 5.41) is 19.2. The van der Waals surface area contributed by atoms with E-state index in [0.29, 0.717) is 0 Å². The van der Waals surface area contributed by atoms with Crippen LogP contribution in [0.5, 0.6) is 0 Å². The van der Waals surface area contributed by atoms with Gasteiger partial charge in [-0.15, -0.1) is 11.8 Å². The quantitative estimate of drug-likeness (QED) is 0.825. The molecule has 1 atom stereocenters. The molecule has 4 heteroatoms. The molecule has 0 heterocycles. The summed E-state index contributed by atoms with van der Waals surface area (Å²) in [6.07, 6.45) is 2.38. The molecule has 22 heavy (non-hydrogen) atoms. The van der Waals surface area contributed by atoms with Gasteiger partial charge in [0.2, 0.25) is 0 Å². The minimum atomic E-state index is -1.44. The summed E-state index contributed by atoms with van der Waals surface area (Å²) in [6.45, 7) is 0.